The summed E-state index contributed by atoms with van der Waals surface area (Å²) >= 11 is 6.34. The van der Waals surface area contributed by atoms with Gasteiger partial charge in [0.2, 0.25) is 70.9 Å². The van der Waals surface area contributed by atoms with Gasteiger partial charge in [-0.2, -0.15) is 0 Å². The fourth-order valence-electron chi connectivity index (χ4n) is 14.6. The second kappa shape index (κ2) is 55.5. The molecule has 19 N–H and O–H groups in total. The molecule has 11 atom stereocenters. The van der Waals surface area contributed by atoms with Gasteiger partial charge in [0, 0.05) is 99.8 Å². The molecule has 0 aliphatic carbocycles. The molecule has 18 amide bonds. The van der Waals surface area contributed by atoms with Gasteiger partial charge >= 0.3 is 18.1 Å². The Balaban J connectivity index is 1.11. The summed E-state index contributed by atoms with van der Waals surface area (Å²) < 4.78 is 21.7. The molecule has 133 heavy (non-hydrogen) atoms. The van der Waals surface area contributed by atoms with Gasteiger partial charge in [-0.1, -0.05) is 124 Å². The van der Waals surface area contributed by atoms with E-state index in [0.29, 0.717) is 91.8 Å². The number of hydrogen-bond acceptors (Lipinski definition) is 22. The molecule has 5 aromatic carbocycles. The van der Waals surface area contributed by atoms with Crippen LogP contribution in [-0.2, 0) is 109 Å². The number of aliphatic hydroxyl groups excluding tert-OH is 1. The van der Waals surface area contributed by atoms with E-state index in [0.717, 1.165) is 10.8 Å². The number of pyridine rings is 1. The standard InChI is InChI=1S/C93H126ClN19O20/c1-8-130-42-44-132-40-37-98-91(127)102-68-33-26-61(27-34-68)49-72(83(119)104-70(46-56(3)4)82(118)103-69(19-12-13-36-97-57(5)6)90(126)113-39-15-20-78(113)89(125)100-58(7)80(95)116)105-85(121)73(50-60-24-31-67(32-25-60)101-81(117)76-53-79(115)112-93(129)111-76)108-88(124)77(55-114)109-86(122)74(52-63-16-14-35-96-54-63)107-84(120)71(48-59-22-29-66(94)30-23-59)106-87(123)75(110-92(128)99-38-41-133-45-43-131-9-2)51-62-21-28-64-17-10-11-18-65(64)47-62/h10-11,14,16-18,21-35,47,54,56-58,69-78,97,114H,8-9,12-13,15,19-20,36-46,48-53,55H2,1-7H3,(H2,95,116)(H,100,125)(H,101,117)(H,103,118)(H,104,119)(H,105,121)(H,106,123)(H,107,120)(H,108,124)(H,109,122)(H2,98,102,127)(H2,99,110,128)(H2,111,112,115,129)/t58-,69+,70+,71-,72-,73+,74-,75-,76+,77+,78+/m1/s1. The third kappa shape index (κ3) is 36.7. The summed E-state index contributed by atoms with van der Waals surface area (Å²) in [7, 11) is 0. The molecule has 6 aromatic rings. The summed E-state index contributed by atoms with van der Waals surface area (Å²) in [5.74, 6) is -10.6. The molecule has 8 rings (SSSR count). The van der Waals surface area contributed by atoms with E-state index in [-0.39, 0.29) is 114 Å². The van der Waals surface area contributed by atoms with Gasteiger partial charge in [-0.3, -0.25) is 67.8 Å². The fourth-order valence-corrected chi connectivity index (χ4v) is 14.7. The molecule has 1 aromatic heterocycles. The van der Waals surface area contributed by atoms with Crippen molar-refractivity contribution in [3.05, 3.63) is 173 Å². The Bertz CT molecular complexity index is 4850. The van der Waals surface area contributed by atoms with Crippen LogP contribution in [-0.4, -0.2) is 262 Å². The van der Waals surface area contributed by atoms with E-state index < -0.39 is 168 Å². The van der Waals surface area contributed by atoms with Gasteiger partial charge in [-0.05, 0) is 153 Å². The average Bonchev–Trinajstić information content (AvgIpc) is 1.78. The van der Waals surface area contributed by atoms with Crippen LogP contribution in [0.2, 0.25) is 5.02 Å². The minimum atomic E-state index is -1.95. The number of nitrogens with zero attached hydrogens (tertiary/aromatic N) is 2. The number of likely N-dealkylation sites (tertiary alicyclic amines) is 1. The van der Waals surface area contributed by atoms with Gasteiger partial charge in [0.15, 0.2) is 0 Å². The van der Waals surface area contributed by atoms with E-state index >= 15 is 28.8 Å². The SMILES string of the molecule is CCOCCOCCNC(=O)Nc1ccc(C[C@@H](NC(=O)[C@H](Cc2ccc(NC(=O)[C@@H]3CC(=O)NC(=O)N3)cc2)NC(=O)[C@H](CO)NC(=O)[C@@H](Cc2cccnc2)NC(=O)[C@@H](Cc2ccc(Cl)cc2)NC(=O)[C@@H](Cc2ccc3ccccc3c2)NC(=O)NCCOCCOCC)C(=O)N[C@@H](CC(C)C)C(=O)N[C@@H](CCCCNC(C)C)C(=O)N2CCC[C@H]2C(=O)N[C@H](C)C(N)=O)cc1. The van der Waals surface area contributed by atoms with E-state index in [9.17, 15) is 48.3 Å². The minimum Gasteiger partial charge on any atom is -0.394 e. The molecule has 2 aliphatic rings. The molecule has 0 unspecified atom stereocenters. The van der Waals surface area contributed by atoms with Crippen molar-refractivity contribution in [2.45, 2.75) is 198 Å². The molecular formula is C93H126ClN19O20. The van der Waals surface area contributed by atoms with Gasteiger partial charge < -0.3 is 114 Å². The van der Waals surface area contributed by atoms with Crippen LogP contribution in [0.1, 0.15) is 121 Å². The highest BCUT2D eigenvalue weighted by Crippen LogP contribution is 2.24. The van der Waals surface area contributed by atoms with E-state index in [4.69, 9.17) is 36.3 Å². The maximum Gasteiger partial charge on any atom is 0.322 e. The second-order valence-electron chi connectivity index (χ2n) is 33.0. The van der Waals surface area contributed by atoms with Crippen LogP contribution in [0.25, 0.3) is 10.8 Å². The van der Waals surface area contributed by atoms with Crippen LogP contribution in [0.5, 0.6) is 0 Å². The third-order valence-electron chi connectivity index (χ3n) is 21.6. The van der Waals surface area contributed by atoms with Crippen molar-refractivity contribution in [1.82, 2.24) is 84.3 Å². The van der Waals surface area contributed by atoms with Crippen LogP contribution in [0, 0.1) is 5.92 Å². The number of hydrogen-bond donors (Lipinski definition) is 18. The molecule has 720 valence electrons. The zero-order chi connectivity index (χ0) is 96.3. The largest absolute Gasteiger partial charge is 0.394 e. The Morgan fingerprint density at radius 1 is 0.504 bits per heavy atom. The Morgan fingerprint density at radius 3 is 1.51 bits per heavy atom. The lowest BCUT2D eigenvalue weighted by Gasteiger charge is -2.31. The summed E-state index contributed by atoms with van der Waals surface area (Å²) in [6, 6.07) is 16.6. The number of primary amides is 1. The number of amides is 18. The van der Waals surface area contributed by atoms with Crippen molar-refractivity contribution < 1.29 is 96.0 Å². The number of carbonyl (C=O) groups is 15. The summed E-state index contributed by atoms with van der Waals surface area (Å²) in [5.41, 5.74) is 8.13. The number of benzene rings is 5. The van der Waals surface area contributed by atoms with Gasteiger partial charge in [-0.15, -0.1) is 0 Å². The molecule has 39 nitrogen and oxygen atoms in total. The first-order valence-electron chi connectivity index (χ1n) is 44.8. The first kappa shape index (κ1) is 106. The van der Waals surface area contributed by atoms with Crippen molar-refractivity contribution in [1.29, 1.82) is 0 Å². The van der Waals surface area contributed by atoms with Crippen molar-refractivity contribution >= 4 is 123 Å². The Kier molecular flexibility index (Phi) is 44.1. The smallest absolute Gasteiger partial charge is 0.322 e. The number of nitrogens with two attached hydrogens (primary N) is 1. The molecule has 0 saturated carbocycles. The number of imide groups is 1. The van der Waals surface area contributed by atoms with Crippen LogP contribution in [0.4, 0.5) is 25.8 Å². The topological polar surface area (TPSA) is 548 Å². The normalized spacial score (nSPS) is 15.6. The summed E-state index contributed by atoms with van der Waals surface area (Å²) in [4.78, 5) is 218. The van der Waals surface area contributed by atoms with Gasteiger partial charge in [0.1, 0.15) is 66.5 Å². The molecule has 3 heterocycles. The molecular weight excluding hydrogens is 1740 g/mol. The number of aliphatic hydroxyl groups is 1. The average molecular weight is 1870 g/mol. The van der Waals surface area contributed by atoms with Crippen LogP contribution in [0.3, 0.4) is 0 Å². The van der Waals surface area contributed by atoms with Crippen molar-refractivity contribution in [2.24, 2.45) is 11.7 Å². The van der Waals surface area contributed by atoms with Crippen molar-refractivity contribution in [2.75, 3.05) is 96.3 Å². The van der Waals surface area contributed by atoms with Crippen molar-refractivity contribution in [3.63, 3.8) is 0 Å². The van der Waals surface area contributed by atoms with Gasteiger partial charge in [-0.25, -0.2) is 14.4 Å². The second-order valence-corrected chi connectivity index (χ2v) is 33.4. The van der Waals surface area contributed by atoms with E-state index in [1.807, 2.05) is 64.1 Å². The summed E-state index contributed by atoms with van der Waals surface area (Å²) in [6.45, 7) is 15.0. The molecule has 0 spiro atoms. The highest BCUT2D eigenvalue weighted by molar-refractivity contribution is 6.30. The number of carbonyl (C=O) groups excluding carboxylic acids is 15. The number of rotatable bonds is 55. The number of nitrogens with one attached hydrogen (secondary N) is 16. The van der Waals surface area contributed by atoms with Crippen LogP contribution < -0.4 is 90.8 Å². The fraction of sp³-hybridized carbons (Fsp3) is 0.484. The van der Waals surface area contributed by atoms with Gasteiger partial charge in [0.05, 0.1) is 52.7 Å². The highest BCUT2D eigenvalue weighted by Gasteiger charge is 2.41. The highest BCUT2D eigenvalue weighted by atomic mass is 35.5. The van der Waals surface area contributed by atoms with Crippen LogP contribution in [0.15, 0.2) is 140 Å². The lowest BCUT2D eigenvalue weighted by atomic mass is 9.99. The number of unbranched alkanes of at least 4 members (excludes halogenated alkanes) is 1. The number of halogens is 1. The number of urea groups is 3. The predicted molar refractivity (Wildman–Crippen MR) is 495 cm³/mol. The maximum atomic E-state index is 15.7. The first-order chi connectivity index (χ1) is 63.8. The summed E-state index contributed by atoms with van der Waals surface area (Å²) in [5, 5.41) is 56.5. The summed E-state index contributed by atoms with van der Waals surface area (Å²) in [6.07, 6.45) is 2.80. The molecule has 2 saturated heterocycles. The first-order valence-corrected chi connectivity index (χ1v) is 45.2. The molecule has 2 aliphatic heterocycles. The van der Waals surface area contributed by atoms with Crippen molar-refractivity contribution in [3.8, 4) is 0 Å². The Labute approximate surface area is 777 Å². The number of fused-ring (bicyclic) bond motifs is 1. The third-order valence-corrected chi connectivity index (χ3v) is 21.8. The van der Waals surface area contributed by atoms with E-state index in [2.05, 4.69) is 90.1 Å². The van der Waals surface area contributed by atoms with E-state index in [1.54, 1.807) is 68.4 Å². The predicted octanol–water partition coefficient (Wildman–Crippen LogP) is 2.41. The Hall–Kier alpha value is -12.8. The molecule has 0 bridgehead atoms. The number of ether oxygens (including phenoxy) is 4. The molecule has 2 fully saturated rings. The zero-order valence-corrected chi connectivity index (χ0v) is 76.8. The Morgan fingerprint density at radius 2 is 0.985 bits per heavy atom. The number of aromatic nitrogens is 1. The quantitative estimate of drug-likeness (QED) is 0.0244. The van der Waals surface area contributed by atoms with Gasteiger partial charge in [0.25, 0.3) is 0 Å². The lowest BCUT2D eigenvalue weighted by Crippen LogP contribution is -2.62. The maximum absolute atomic E-state index is 15.7. The minimum absolute atomic E-state index is 0.0405. The number of anilines is 2. The molecule has 0 radical (unpaired) electrons. The molecule has 40 heteroatoms. The zero-order valence-electron chi connectivity index (χ0n) is 76.0. The monoisotopic (exact) mass is 1860 g/mol. The lowest BCUT2D eigenvalue weighted by molar-refractivity contribution is -0.142. The van der Waals surface area contributed by atoms with E-state index in [1.165, 1.54) is 60.6 Å². The van der Waals surface area contributed by atoms with Crippen LogP contribution >= 0.6 is 11.6 Å².